The number of hydrogen-bond donors (Lipinski definition) is 1. The first-order valence-corrected chi connectivity index (χ1v) is 6.79. The zero-order chi connectivity index (χ0) is 13.8. The van der Waals surface area contributed by atoms with Gasteiger partial charge in [-0.3, -0.25) is 0 Å². The fourth-order valence-corrected chi connectivity index (χ4v) is 2.50. The molecule has 2 N–H and O–H groups in total. The van der Waals surface area contributed by atoms with Crippen LogP contribution in [0.3, 0.4) is 0 Å². The average molecular weight is 326 g/mol. The first-order chi connectivity index (χ1) is 9.11. The molecule has 0 aliphatic heterocycles. The lowest BCUT2D eigenvalue weighted by atomic mass is 9.92. The Labute approximate surface area is 119 Å². The molecule has 1 unspecified atom stereocenters. The fraction of sp³-hybridized carbons (Fsp3) is 0.200. The lowest BCUT2D eigenvalue weighted by Crippen LogP contribution is -2.15. The Hall–Kier alpha value is -1.26. The van der Waals surface area contributed by atoms with Crippen molar-refractivity contribution in [3.05, 3.63) is 69.7 Å². The van der Waals surface area contributed by atoms with Gasteiger partial charge in [0, 0.05) is 5.92 Å². The average Bonchev–Trinajstić information content (AvgIpc) is 2.40. The van der Waals surface area contributed by atoms with Gasteiger partial charge in [0.05, 0.1) is 4.47 Å². The van der Waals surface area contributed by atoms with Gasteiger partial charge in [0.25, 0.3) is 0 Å². The normalized spacial score (nSPS) is 12.4. The molecule has 0 aromatic heterocycles. The minimum atomic E-state index is -0.299. The van der Waals surface area contributed by atoms with Crippen molar-refractivity contribution in [1.82, 2.24) is 0 Å². The summed E-state index contributed by atoms with van der Waals surface area (Å²) in [6.07, 6.45) is 0.568. The van der Waals surface area contributed by atoms with Crippen LogP contribution in [0.1, 0.15) is 17.0 Å². The largest absolute Gasteiger partial charge is 0.330 e. The molecule has 0 bridgehead atoms. The van der Waals surface area contributed by atoms with Crippen LogP contribution in [0.2, 0.25) is 0 Å². The summed E-state index contributed by atoms with van der Waals surface area (Å²) < 4.78 is 27.1. The molecule has 0 spiro atoms. The predicted octanol–water partition coefficient (Wildman–Crippen LogP) is 4.01. The SMILES string of the molecule is NCC(Cc1cccc(F)c1Br)c1cccc(F)c1. The molecular weight excluding hydrogens is 312 g/mol. The van der Waals surface area contributed by atoms with Gasteiger partial charge in [0.2, 0.25) is 0 Å². The molecule has 4 heteroatoms. The molecule has 19 heavy (non-hydrogen) atoms. The number of hydrogen-bond acceptors (Lipinski definition) is 1. The summed E-state index contributed by atoms with van der Waals surface area (Å²) in [4.78, 5) is 0. The number of halogens is 3. The molecule has 100 valence electrons. The highest BCUT2D eigenvalue weighted by Crippen LogP contribution is 2.27. The van der Waals surface area contributed by atoms with Crippen LogP contribution < -0.4 is 5.73 Å². The minimum absolute atomic E-state index is 0.0335. The van der Waals surface area contributed by atoms with Gasteiger partial charge >= 0.3 is 0 Å². The van der Waals surface area contributed by atoms with Crippen molar-refractivity contribution in [3.63, 3.8) is 0 Å². The van der Waals surface area contributed by atoms with E-state index in [1.165, 1.54) is 18.2 Å². The first kappa shape index (κ1) is 14.2. The molecule has 2 aromatic carbocycles. The highest BCUT2D eigenvalue weighted by molar-refractivity contribution is 9.10. The summed E-state index contributed by atoms with van der Waals surface area (Å²) in [5.41, 5.74) is 7.42. The van der Waals surface area contributed by atoms with E-state index in [1.54, 1.807) is 12.1 Å². The third-order valence-corrected chi connectivity index (χ3v) is 3.99. The maximum absolute atomic E-state index is 13.5. The lowest BCUT2D eigenvalue weighted by molar-refractivity contribution is 0.607. The van der Waals surface area contributed by atoms with Gasteiger partial charge in [-0.2, -0.15) is 0 Å². The lowest BCUT2D eigenvalue weighted by Gasteiger charge is -2.16. The summed E-state index contributed by atoms with van der Waals surface area (Å²) in [6.45, 7) is 0.381. The van der Waals surface area contributed by atoms with E-state index in [-0.39, 0.29) is 17.6 Å². The van der Waals surface area contributed by atoms with Crippen molar-refractivity contribution in [1.29, 1.82) is 0 Å². The van der Waals surface area contributed by atoms with Crippen LogP contribution in [0.15, 0.2) is 46.9 Å². The van der Waals surface area contributed by atoms with Gasteiger partial charge < -0.3 is 5.73 Å². The zero-order valence-corrected chi connectivity index (χ0v) is 11.8. The van der Waals surface area contributed by atoms with E-state index in [4.69, 9.17) is 5.73 Å². The Morgan fingerprint density at radius 2 is 1.84 bits per heavy atom. The summed E-state index contributed by atoms with van der Waals surface area (Å²) in [6, 6.07) is 11.3. The molecule has 1 atom stereocenters. The van der Waals surface area contributed by atoms with E-state index in [0.29, 0.717) is 17.4 Å². The van der Waals surface area contributed by atoms with Crippen molar-refractivity contribution in [2.75, 3.05) is 6.54 Å². The van der Waals surface area contributed by atoms with Crippen molar-refractivity contribution in [2.45, 2.75) is 12.3 Å². The van der Waals surface area contributed by atoms with Crippen molar-refractivity contribution in [3.8, 4) is 0 Å². The van der Waals surface area contributed by atoms with Crippen LogP contribution in [0.25, 0.3) is 0 Å². The topological polar surface area (TPSA) is 26.0 Å². The maximum Gasteiger partial charge on any atom is 0.137 e. The monoisotopic (exact) mass is 325 g/mol. The second-order valence-electron chi connectivity index (χ2n) is 4.40. The molecule has 0 fully saturated rings. The van der Waals surface area contributed by atoms with E-state index >= 15 is 0 Å². The van der Waals surface area contributed by atoms with Gasteiger partial charge in [0.15, 0.2) is 0 Å². The predicted molar refractivity (Wildman–Crippen MR) is 76.0 cm³/mol. The van der Waals surface area contributed by atoms with Gasteiger partial charge in [-0.25, -0.2) is 8.78 Å². The summed E-state index contributed by atoms with van der Waals surface area (Å²) in [5.74, 6) is -0.615. The molecular formula is C15H14BrF2N. The molecule has 0 aliphatic rings. The van der Waals surface area contributed by atoms with Crippen LogP contribution in [-0.4, -0.2) is 6.54 Å². The highest BCUT2D eigenvalue weighted by Gasteiger charge is 2.14. The second-order valence-corrected chi connectivity index (χ2v) is 5.20. The Morgan fingerprint density at radius 1 is 1.11 bits per heavy atom. The summed E-state index contributed by atoms with van der Waals surface area (Å²) in [7, 11) is 0. The van der Waals surface area contributed by atoms with E-state index < -0.39 is 0 Å². The molecule has 0 radical (unpaired) electrons. The zero-order valence-electron chi connectivity index (χ0n) is 10.2. The maximum atomic E-state index is 13.5. The van der Waals surface area contributed by atoms with Crippen LogP contribution in [0, 0.1) is 11.6 Å². The van der Waals surface area contributed by atoms with Gasteiger partial charge in [-0.05, 0) is 58.2 Å². The number of nitrogens with two attached hydrogens (primary N) is 1. The quantitative estimate of drug-likeness (QED) is 0.903. The van der Waals surface area contributed by atoms with Crippen LogP contribution in [0.5, 0.6) is 0 Å². The molecule has 0 saturated heterocycles. The third-order valence-electron chi connectivity index (χ3n) is 3.10. The van der Waals surface area contributed by atoms with Crippen molar-refractivity contribution < 1.29 is 8.78 Å². The van der Waals surface area contributed by atoms with Crippen molar-refractivity contribution >= 4 is 15.9 Å². The highest BCUT2D eigenvalue weighted by atomic mass is 79.9. The van der Waals surface area contributed by atoms with Gasteiger partial charge in [-0.15, -0.1) is 0 Å². The smallest absolute Gasteiger partial charge is 0.137 e. The van der Waals surface area contributed by atoms with Gasteiger partial charge in [-0.1, -0.05) is 24.3 Å². The molecule has 2 rings (SSSR count). The fourth-order valence-electron chi connectivity index (χ4n) is 2.07. The van der Waals surface area contributed by atoms with Crippen LogP contribution in [0.4, 0.5) is 8.78 Å². The van der Waals surface area contributed by atoms with E-state index in [9.17, 15) is 8.78 Å². The van der Waals surface area contributed by atoms with Crippen LogP contribution >= 0.6 is 15.9 Å². The Bertz CT molecular complexity index is 572. The molecule has 0 amide bonds. The molecule has 1 nitrogen and oxygen atoms in total. The number of rotatable bonds is 4. The Balaban J connectivity index is 2.26. The molecule has 2 aromatic rings. The van der Waals surface area contributed by atoms with E-state index in [2.05, 4.69) is 15.9 Å². The Kier molecular flexibility index (Phi) is 4.66. The third kappa shape index (κ3) is 3.39. The van der Waals surface area contributed by atoms with E-state index in [1.807, 2.05) is 12.1 Å². The molecule has 0 aliphatic carbocycles. The second kappa shape index (κ2) is 6.26. The van der Waals surface area contributed by atoms with E-state index in [0.717, 1.165) is 11.1 Å². The number of benzene rings is 2. The minimum Gasteiger partial charge on any atom is -0.330 e. The first-order valence-electron chi connectivity index (χ1n) is 6.00. The standard InChI is InChI=1S/C15H14BrF2N/c16-15-11(4-2-6-14(15)18)7-12(9-19)10-3-1-5-13(17)8-10/h1-6,8,12H,7,9,19H2. The summed E-state index contributed by atoms with van der Waals surface area (Å²) in [5, 5.41) is 0. The Morgan fingerprint density at radius 3 is 2.53 bits per heavy atom. The summed E-state index contributed by atoms with van der Waals surface area (Å²) >= 11 is 3.23. The van der Waals surface area contributed by atoms with Crippen LogP contribution in [-0.2, 0) is 6.42 Å². The van der Waals surface area contributed by atoms with Crippen molar-refractivity contribution in [2.24, 2.45) is 5.73 Å². The van der Waals surface area contributed by atoms with Gasteiger partial charge in [0.1, 0.15) is 11.6 Å². The molecule has 0 heterocycles. The molecule has 0 saturated carbocycles.